The maximum Gasteiger partial charge on any atom is 0.271 e. The number of fused-ring (bicyclic) bond motifs is 1. The van der Waals surface area contributed by atoms with Crippen molar-refractivity contribution in [2.24, 2.45) is 0 Å². The van der Waals surface area contributed by atoms with Crippen molar-refractivity contribution in [1.29, 1.82) is 0 Å². The predicted octanol–water partition coefficient (Wildman–Crippen LogP) is 4.52. The zero-order chi connectivity index (χ0) is 17.2. The average molecular weight is 335 g/mol. The molecule has 5 heteroatoms. The number of hydrogen-bond donors (Lipinski definition) is 0. The molecule has 0 saturated carbocycles. The molecule has 1 saturated heterocycles. The fourth-order valence-electron chi connectivity index (χ4n) is 3.70. The molecule has 2 aromatic carbocycles. The molecular formula is C20H21N3O2. The van der Waals surface area contributed by atoms with Gasteiger partial charge in [-0.2, -0.15) is 0 Å². The molecule has 0 unspecified atom stereocenters. The summed E-state index contributed by atoms with van der Waals surface area (Å²) < 4.78 is 2.07. The molecule has 0 aliphatic carbocycles. The number of rotatable bonds is 4. The molecule has 0 radical (unpaired) electrons. The first-order valence-electron chi connectivity index (χ1n) is 8.78. The standard InChI is InChI=1S/C20H21N3O2/c24-23(25)18-8-6-7-17(13-18)22-15-16(14-21-11-4-1-5-12-21)19-9-2-3-10-20(19)22/h2-3,6-10,13,15H,1,4-5,11-12,14H2. The number of nitrogens with zero attached hydrogens (tertiary/aromatic N) is 3. The van der Waals surface area contributed by atoms with Gasteiger partial charge in [0.25, 0.3) is 5.69 Å². The monoisotopic (exact) mass is 335 g/mol. The summed E-state index contributed by atoms with van der Waals surface area (Å²) >= 11 is 0. The molecular weight excluding hydrogens is 314 g/mol. The van der Waals surface area contributed by atoms with Gasteiger partial charge in [0.2, 0.25) is 0 Å². The summed E-state index contributed by atoms with van der Waals surface area (Å²) in [4.78, 5) is 13.3. The Morgan fingerprint density at radius 1 is 1.00 bits per heavy atom. The Labute approximate surface area is 146 Å². The van der Waals surface area contributed by atoms with Crippen LogP contribution in [0, 0.1) is 10.1 Å². The van der Waals surface area contributed by atoms with Crippen LogP contribution in [0.5, 0.6) is 0 Å². The summed E-state index contributed by atoms with van der Waals surface area (Å²) in [5.74, 6) is 0. The third-order valence-electron chi connectivity index (χ3n) is 4.96. The predicted molar refractivity (Wildman–Crippen MR) is 99.1 cm³/mol. The molecule has 0 N–H and O–H groups in total. The lowest BCUT2D eigenvalue weighted by molar-refractivity contribution is -0.384. The van der Waals surface area contributed by atoms with Gasteiger partial charge in [0.05, 0.1) is 16.1 Å². The lowest BCUT2D eigenvalue weighted by Gasteiger charge is -2.26. The zero-order valence-corrected chi connectivity index (χ0v) is 14.1. The number of non-ortho nitro benzene ring substituents is 1. The first-order chi connectivity index (χ1) is 12.2. The molecule has 0 spiro atoms. The van der Waals surface area contributed by atoms with Crippen molar-refractivity contribution < 1.29 is 4.92 Å². The minimum Gasteiger partial charge on any atom is -0.316 e. The average Bonchev–Trinajstić information content (AvgIpc) is 3.01. The van der Waals surface area contributed by atoms with Crippen LogP contribution >= 0.6 is 0 Å². The summed E-state index contributed by atoms with van der Waals surface area (Å²) in [6.45, 7) is 3.23. The van der Waals surface area contributed by atoms with E-state index in [1.807, 2.05) is 12.1 Å². The highest BCUT2D eigenvalue weighted by Crippen LogP contribution is 2.28. The Bertz CT molecular complexity index is 910. The van der Waals surface area contributed by atoms with Gasteiger partial charge in [-0.3, -0.25) is 15.0 Å². The van der Waals surface area contributed by atoms with Crippen molar-refractivity contribution >= 4 is 16.6 Å². The third kappa shape index (κ3) is 3.15. The largest absolute Gasteiger partial charge is 0.316 e. The fraction of sp³-hybridized carbons (Fsp3) is 0.300. The van der Waals surface area contributed by atoms with E-state index in [4.69, 9.17) is 0 Å². The molecule has 4 rings (SSSR count). The lowest BCUT2D eigenvalue weighted by Crippen LogP contribution is -2.28. The van der Waals surface area contributed by atoms with Crippen LogP contribution in [-0.4, -0.2) is 27.5 Å². The highest BCUT2D eigenvalue weighted by molar-refractivity contribution is 5.85. The second-order valence-electron chi connectivity index (χ2n) is 6.66. The van der Waals surface area contributed by atoms with Crippen molar-refractivity contribution in [3.63, 3.8) is 0 Å². The van der Waals surface area contributed by atoms with Crippen LogP contribution < -0.4 is 0 Å². The van der Waals surface area contributed by atoms with Crippen molar-refractivity contribution in [3.8, 4) is 5.69 Å². The minimum atomic E-state index is -0.343. The van der Waals surface area contributed by atoms with Crippen LogP contribution in [-0.2, 0) is 6.54 Å². The van der Waals surface area contributed by atoms with E-state index < -0.39 is 0 Å². The molecule has 1 fully saturated rings. The number of nitro groups is 1. The zero-order valence-electron chi connectivity index (χ0n) is 14.1. The molecule has 5 nitrogen and oxygen atoms in total. The Kier molecular flexibility index (Phi) is 4.24. The SMILES string of the molecule is O=[N+]([O-])c1cccc(-n2cc(CN3CCCCC3)c3ccccc32)c1. The van der Waals surface area contributed by atoms with Gasteiger partial charge in [-0.15, -0.1) is 0 Å². The van der Waals surface area contributed by atoms with E-state index >= 15 is 0 Å². The summed E-state index contributed by atoms with van der Waals surface area (Å²) in [5.41, 5.74) is 3.32. The Morgan fingerprint density at radius 2 is 1.80 bits per heavy atom. The Hall–Kier alpha value is -2.66. The molecule has 0 atom stereocenters. The number of para-hydroxylation sites is 1. The van der Waals surface area contributed by atoms with E-state index in [1.54, 1.807) is 12.1 Å². The van der Waals surface area contributed by atoms with E-state index in [0.717, 1.165) is 30.8 Å². The number of hydrogen-bond acceptors (Lipinski definition) is 3. The molecule has 1 aliphatic rings. The van der Waals surface area contributed by atoms with Gasteiger partial charge in [0.1, 0.15) is 0 Å². The molecule has 25 heavy (non-hydrogen) atoms. The van der Waals surface area contributed by atoms with Gasteiger partial charge in [-0.25, -0.2) is 0 Å². The lowest BCUT2D eigenvalue weighted by atomic mass is 10.1. The summed E-state index contributed by atoms with van der Waals surface area (Å²) in [7, 11) is 0. The number of piperidine rings is 1. The van der Waals surface area contributed by atoms with Gasteiger partial charge in [-0.1, -0.05) is 30.7 Å². The molecule has 128 valence electrons. The molecule has 1 aliphatic heterocycles. The normalized spacial score (nSPS) is 15.5. The van der Waals surface area contributed by atoms with Crippen molar-refractivity contribution in [3.05, 3.63) is 70.4 Å². The van der Waals surface area contributed by atoms with E-state index in [-0.39, 0.29) is 10.6 Å². The van der Waals surface area contributed by atoms with E-state index in [1.165, 1.54) is 36.3 Å². The van der Waals surface area contributed by atoms with Crippen LogP contribution in [0.25, 0.3) is 16.6 Å². The number of benzene rings is 2. The summed E-state index contributed by atoms with van der Waals surface area (Å²) in [5, 5.41) is 12.3. The second-order valence-corrected chi connectivity index (χ2v) is 6.66. The van der Waals surface area contributed by atoms with Gasteiger partial charge in [-0.05, 0) is 43.6 Å². The van der Waals surface area contributed by atoms with Crippen LogP contribution in [0.15, 0.2) is 54.7 Å². The molecule has 3 aromatic rings. The second kappa shape index (κ2) is 6.69. The Balaban J connectivity index is 1.76. The molecule has 1 aromatic heterocycles. The summed E-state index contributed by atoms with van der Waals surface area (Å²) in [6, 6.07) is 15.1. The first kappa shape index (κ1) is 15.8. The van der Waals surface area contributed by atoms with Crippen molar-refractivity contribution in [1.82, 2.24) is 9.47 Å². The number of nitro benzene ring substituents is 1. The van der Waals surface area contributed by atoms with Crippen LogP contribution in [0.1, 0.15) is 24.8 Å². The van der Waals surface area contributed by atoms with Crippen LogP contribution in [0.4, 0.5) is 5.69 Å². The number of aromatic nitrogens is 1. The smallest absolute Gasteiger partial charge is 0.271 e. The topological polar surface area (TPSA) is 51.3 Å². The van der Waals surface area contributed by atoms with Gasteiger partial charge >= 0.3 is 0 Å². The van der Waals surface area contributed by atoms with Gasteiger partial charge < -0.3 is 4.57 Å². The van der Waals surface area contributed by atoms with Crippen LogP contribution in [0.3, 0.4) is 0 Å². The summed E-state index contributed by atoms with van der Waals surface area (Å²) in [6.07, 6.45) is 6.00. The van der Waals surface area contributed by atoms with Gasteiger partial charge in [0, 0.05) is 30.3 Å². The molecule has 0 bridgehead atoms. The van der Waals surface area contributed by atoms with E-state index in [2.05, 4.69) is 33.9 Å². The first-order valence-corrected chi connectivity index (χ1v) is 8.78. The van der Waals surface area contributed by atoms with Crippen molar-refractivity contribution in [2.75, 3.05) is 13.1 Å². The quantitative estimate of drug-likeness (QED) is 0.520. The molecule has 2 heterocycles. The number of likely N-dealkylation sites (tertiary alicyclic amines) is 1. The Morgan fingerprint density at radius 3 is 2.60 bits per heavy atom. The molecule has 0 amide bonds. The third-order valence-corrected chi connectivity index (χ3v) is 4.96. The maximum absolute atomic E-state index is 11.1. The minimum absolute atomic E-state index is 0.118. The van der Waals surface area contributed by atoms with Gasteiger partial charge in [0.15, 0.2) is 0 Å². The highest BCUT2D eigenvalue weighted by Gasteiger charge is 2.16. The van der Waals surface area contributed by atoms with Crippen molar-refractivity contribution in [2.45, 2.75) is 25.8 Å². The maximum atomic E-state index is 11.1. The highest BCUT2D eigenvalue weighted by atomic mass is 16.6. The van der Waals surface area contributed by atoms with E-state index in [0.29, 0.717) is 0 Å². The fourth-order valence-corrected chi connectivity index (χ4v) is 3.70. The van der Waals surface area contributed by atoms with E-state index in [9.17, 15) is 10.1 Å². The van der Waals surface area contributed by atoms with Crippen LogP contribution in [0.2, 0.25) is 0 Å².